The SMILES string of the molecule is CCCCCCCCOCCOCCOCCOCCOCCOCCOCCOCCOCCOCCOCCOCCN1C(=O)c2ccccc2C1=O. The minimum Gasteiger partial charge on any atom is -0.379 e. The van der Waals surface area contributed by atoms with Crippen molar-refractivity contribution < 1.29 is 66.4 Å². The van der Waals surface area contributed by atoms with Crippen molar-refractivity contribution in [2.45, 2.75) is 45.4 Å². The smallest absolute Gasteiger partial charge is 0.261 e. The van der Waals surface area contributed by atoms with E-state index in [4.69, 9.17) is 56.8 Å². The Kier molecular flexibility index (Phi) is 33.4. The number of amides is 2. The maximum Gasteiger partial charge on any atom is 0.261 e. The van der Waals surface area contributed by atoms with Crippen LogP contribution in [0.15, 0.2) is 24.3 Å². The van der Waals surface area contributed by atoms with Crippen LogP contribution < -0.4 is 0 Å². The Balaban J connectivity index is 1.14. The van der Waals surface area contributed by atoms with Crippen molar-refractivity contribution in [2.75, 3.05) is 165 Å². The summed E-state index contributed by atoms with van der Waals surface area (Å²) in [4.78, 5) is 25.9. The van der Waals surface area contributed by atoms with E-state index in [0.717, 1.165) is 13.0 Å². The number of carbonyl (C=O) groups is 2. The van der Waals surface area contributed by atoms with Crippen LogP contribution in [0.25, 0.3) is 0 Å². The lowest BCUT2D eigenvalue weighted by Gasteiger charge is -2.13. The summed E-state index contributed by atoms with van der Waals surface area (Å²) >= 11 is 0. The van der Waals surface area contributed by atoms with Crippen molar-refractivity contribution >= 4 is 11.8 Å². The Morgan fingerprint density at radius 2 is 0.600 bits per heavy atom. The van der Waals surface area contributed by atoms with E-state index in [1.165, 1.54) is 37.0 Å². The van der Waals surface area contributed by atoms with E-state index in [0.29, 0.717) is 156 Å². The van der Waals surface area contributed by atoms with Crippen LogP contribution in [0.4, 0.5) is 0 Å². The summed E-state index contributed by atoms with van der Waals surface area (Å²) in [5, 5.41) is 0. The van der Waals surface area contributed by atoms with Gasteiger partial charge < -0.3 is 56.8 Å². The first-order valence-electron chi connectivity index (χ1n) is 20.1. The predicted octanol–water partition coefficient (Wildman–Crippen LogP) is 3.84. The van der Waals surface area contributed by atoms with Gasteiger partial charge >= 0.3 is 0 Å². The first-order valence-corrected chi connectivity index (χ1v) is 20.1. The molecule has 318 valence electrons. The molecule has 0 saturated carbocycles. The van der Waals surface area contributed by atoms with Gasteiger partial charge in [-0.2, -0.15) is 0 Å². The first kappa shape index (κ1) is 49.0. The number of rotatable bonds is 43. The Bertz CT molecular complexity index is 1000. The number of imide groups is 1. The van der Waals surface area contributed by atoms with Gasteiger partial charge in [0.25, 0.3) is 11.8 Å². The summed E-state index contributed by atoms with van der Waals surface area (Å²) in [5.74, 6) is -0.555. The largest absolute Gasteiger partial charge is 0.379 e. The standard InChI is InChI=1S/C40H69NO14/c1-2-3-4-5-6-9-13-44-15-17-46-19-21-48-23-25-50-27-29-52-31-33-54-35-36-55-34-32-53-30-28-51-26-24-49-22-20-47-18-16-45-14-12-41-39(42)37-10-7-8-11-38(37)40(41)43/h7-8,10-11H,2-6,9,12-36H2,1H3. The molecule has 1 aromatic rings. The minimum atomic E-state index is -0.277. The van der Waals surface area contributed by atoms with Crippen molar-refractivity contribution in [3.63, 3.8) is 0 Å². The van der Waals surface area contributed by atoms with Gasteiger partial charge in [0.1, 0.15) is 0 Å². The number of benzene rings is 1. The molecule has 2 rings (SSSR count). The van der Waals surface area contributed by atoms with Crippen molar-refractivity contribution in [3.8, 4) is 0 Å². The third-order valence-electron chi connectivity index (χ3n) is 8.07. The van der Waals surface area contributed by atoms with E-state index in [1.807, 2.05) is 0 Å². The highest BCUT2D eigenvalue weighted by Gasteiger charge is 2.34. The molecule has 0 unspecified atom stereocenters. The van der Waals surface area contributed by atoms with Gasteiger partial charge in [0.05, 0.1) is 170 Å². The van der Waals surface area contributed by atoms with Crippen LogP contribution in [0.5, 0.6) is 0 Å². The van der Waals surface area contributed by atoms with Gasteiger partial charge in [0.15, 0.2) is 0 Å². The Labute approximate surface area is 328 Å². The summed E-state index contributed by atoms with van der Waals surface area (Å²) in [7, 11) is 0. The lowest BCUT2D eigenvalue weighted by Crippen LogP contribution is -2.33. The van der Waals surface area contributed by atoms with E-state index in [9.17, 15) is 9.59 Å². The quantitative estimate of drug-likeness (QED) is 0.0697. The van der Waals surface area contributed by atoms with Crippen LogP contribution in [0.2, 0.25) is 0 Å². The van der Waals surface area contributed by atoms with Crippen LogP contribution in [-0.4, -0.2) is 182 Å². The molecule has 15 nitrogen and oxygen atoms in total. The maximum atomic E-state index is 12.3. The molecule has 0 radical (unpaired) electrons. The number of fused-ring (bicyclic) bond motifs is 1. The molecule has 0 fully saturated rings. The lowest BCUT2D eigenvalue weighted by molar-refractivity contribution is -0.0284. The van der Waals surface area contributed by atoms with Crippen molar-refractivity contribution in [2.24, 2.45) is 0 Å². The summed E-state index contributed by atoms with van der Waals surface area (Å²) in [5.41, 5.74) is 0.884. The first-order chi connectivity index (χ1) is 27.3. The molecule has 2 amide bonds. The fourth-order valence-electron chi connectivity index (χ4n) is 5.10. The molecular formula is C40H69NO14. The lowest BCUT2D eigenvalue weighted by atomic mass is 10.1. The number of carbonyl (C=O) groups excluding carboxylic acids is 2. The second-order valence-corrected chi connectivity index (χ2v) is 12.4. The number of ether oxygens (including phenoxy) is 12. The van der Waals surface area contributed by atoms with Crippen LogP contribution in [0, 0.1) is 0 Å². The molecule has 1 heterocycles. The molecule has 0 saturated heterocycles. The van der Waals surface area contributed by atoms with Crippen LogP contribution in [-0.2, 0) is 56.8 Å². The molecule has 55 heavy (non-hydrogen) atoms. The van der Waals surface area contributed by atoms with Gasteiger partial charge in [-0.1, -0.05) is 51.2 Å². The number of hydrogen-bond donors (Lipinski definition) is 0. The highest BCUT2D eigenvalue weighted by atomic mass is 16.6. The third kappa shape index (κ3) is 27.2. The fraction of sp³-hybridized carbons (Fsp3) is 0.800. The molecule has 1 aromatic carbocycles. The van der Waals surface area contributed by atoms with E-state index in [1.54, 1.807) is 24.3 Å². The van der Waals surface area contributed by atoms with Gasteiger partial charge in [0, 0.05) is 6.61 Å². The second kappa shape index (κ2) is 37.5. The maximum absolute atomic E-state index is 12.3. The van der Waals surface area contributed by atoms with E-state index < -0.39 is 0 Å². The second-order valence-electron chi connectivity index (χ2n) is 12.4. The zero-order valence-corrected chi connectivity index (χ0v) is 33.4. The van der Waals surface area contributed by atoms with E-state index >= 15 is 0 Å². The van der Waals surface area contributed by atoms with Gasteiger partial charge in [-0.25, -0.2) is 0 Å². The average Bonchev–Trinajstić information content (AvgIpc) is 3.44. The summed E-state index contributed by atoms with van der Waals surface area (Å²) in [6, 6.07) is 6.82. The van der Waals surface area contributed by atoms with Crippen molar-refractivity contribution in [3.05, 3.63) is 35.4 Å². The monoisotopic (exact) mass is 787 g/mol. The summed E-state index contributed by atoms with van der Waals surface area (Å²) < 4.78 is 66.1. The molecule has 0 bridgehead atoms. The van der Waals surface area contributed by atoms with Gasteiger partial charge in [-0.3, -0.25) is 14.5 Å². The van der Waals surface area contributed by atoms with Gasteiger partial charge in [-0.15, -0.1) is 0 Å². The Morgan fingerprint density at radius 3 is 0.909 bits per heavy atom. The normalized spacial score (nSPS) is 12.7. The molecule has 0 aromatic heterocycles. The van der Waals surface area contributed by atoms with E-state index in [-0.39, 0.29) is 25.0 Å². The van der Waals surface area contributed by atoms with E-state index in [2.05, 4.69) is 6.92 Å². The molecular weight excluding hydrogens is 718 g/mol. The minimum absolute atomic E-state index is 0.214. The number of hydrogen-bond acceptors (Lipinski definition) is 14. The Morgan fingerprint density at radius 1 is 0.345 bits per heavy atom. The molecule has 0 spiro atoms. The zero-order chi connectivity index (χ0) is 39.1. The van der Waals surface area contributed by atoms with Gasteiger partial charge in [0.2, 0.25) is 0 Å². The van der Waals surface area contributed by atoms with Gasteiger partial charge in [-0.05, 0) is 18.6 Å². The topological polar surface area (TPSA) is 148 Å². The Hall–Kier alpha value is -2.12. The predicted molar refractivity (Wildman–Crippen MR) is 205 cm³/mol. The van der Waals surface area contributed by atoms with Crippen LogP contribution >= 0.6 is 0 Å². The highest BCUT2D eigenvalue weighted by molar-refractivity contribution is 6.21. The molecule has 0 aliphatic carbocycles. The van der Waals surface area contributed by atoms with Crippen molar-refractivity contribution in [1.82, 2.24) is 4.90 Å². The number of unbranched alkanes of at least 4 members (excludes halogenated alkanes) is 5. The van der Waals surface area contributed by atoms with Crippen molar-refractivity contribution in [1.29, 1.82) is 0 Å². The fourth-order valence-corrected chi connectivity index (χ4v) is 5.10. The number of nitrogens with zero attached hydrogens (tertiary/aromatic N) is 1. The molecule has 0 atom stereocenters. The molecule has 15 heteroatoms. The summed E-state index contributed by atoms with van der Waals surface area (Å²) in [6.07, 6.45) is 7.65. The van der Waals surface area contributed by atoms with Crippen LogP contribution in [0.3, 0.4) is 0 Å². The molecule has 0 N–H and O–H groups in total. The molecule has 1 aliphatic rings. The summed E-state index contributed by atoms with van der Waals surface area (Å²) in [6.45, 7) is 14.5. The highest BCUT2D eigenvalue weighted by Crippen LogP contribution is 2.21. The zero-order valence-electron chi connectivity index (χ0n) is 33.4. The van der Waals surface area contributed by atoms with Crippen LogP contribution in [0.1, 0.15) is 66.2 Å². The molecule has 1 aliphatic heterocycles. The third-order valence-corrected chi connectivity index (χ3v) is 8.07. The average molecular weight is 788 g/mol.